The van der Waals surface area contributed by atoms with Crippen molar-refractivity contribution in [1.82, 2.24) is 0 Å². The molecule has 0 amide bonds. The number of benzene rings is 1. The second-order valence-electron chi connectivity index (χ2n) is 5.91. The Balaban J connectivity index is 2.06. The average molecular weight is 291 g/mol. The number of halogens is 1. The Hall–Kier alpha value is -1.20. The Morgan fingerprint density at radius 3 is 2.70 bits per heavy atom. The summed E-state index contributed by atoms with van der Waals surface area (Å²) in [5.41, 5.74) is 0.584. The van der Waals surface area contributed by atoms with Gasteiger partial charge in [0.2, 0.25) is 0 Å². The summed E-state index contributed by atoms with van der Waals surface area (Å²) in [4.78, 5) is 0. The molecule has 0 heterocycles. The monoisotopic (exact) mass is 290 g/mol. The highest BCUT2D eigenvalue weighted by Gasteiger charge is 2.32. The molecule has 2 atom stereocenters. The Kier molecular flexibility index (Phi) is 5.31. The third-order valence-corrected chi connectivity index (χ3v) is 4.59. The van der Waals surface area contributed by atoms with Crippen LogP contribution < -0.4 is 5.32 Å². The van der Waals surface area contributed by atoms with Crippen LogP contribution >= 0.6 is 11.6 Å². The molecule has 0 saturated heterocycles. The molecule has 0 aromatic heterocycles. The van der Waals surface area contributed by atoms with Crippen molar-refractivity contribution in [3.05, 3.63) is 29.3 Å². The van der Waals surface area contributed by atoms with Crippen molar-refractivity contribution in [1.29, 1.82) is 5.26 Å². The van der Waals surface area contributed by atoms with Gasteiger partial charge in [0.05, 0.1) is 6.07 Å². The first-order valence-electron chi connectivity index (χ1n) is 7.62. The van der Waals surface area contributed by atoms with Gasteiger partial charge in [0.1, 0.15) is 5.54 Å². The molecule has 0 bridgehead atoms. The number of nitriles is 1. The van der Waals surface area contributed by atoms with Gasteiger partial charge in [-0.3, -0.25) is 0 Å². The lowest BCUT2D eigenvalue weighted by molar-refractivity contribution is 0.416. The Morgan fingerprint density at radius 1 is 1.30 bits per heavy atom. The number of nitrogens with one attached hydrogen (secondary N) is 1. The van der Waals surface area contributed by atoms with E-state index >= 15 is 0 Å². The van der Waals surface area contributed by atoms with Crippen LogP contribution in [0, 0.1) is 17.2 Å². The molecule has 1 N–H and O–H groups in total. The van der Waals surface area contributed by atoms with Crippen LogP contribution in [-0.4, -0.2) is 5.54 Å². The minimum atomic E-state index is -0.406. The number of hydrogen-bond donors (Lipinski definition) is 1. The fraction of sp³-hybridized carbons (Fsp3) is 0.588. The predicted molar refractivity (Wildman–Crippen MR) is 84.9 cm³/mol. The van der Waals surface area contributed by atoms with Crippen LogP contribution in [0.25, 0.3) is 0 Å². The molecule has 2 unspecified atom stereocenters. The van der Waals surface area contributed by atoms with Gasteiger partial charge >= 0.3 is 0 Å². The molecule has 1 aromatic rings. The highest BCUT2D eigenvalue weighted by molar-refractivity contribution is 6.30. The second kappa shape index (κ2) is 6.99. The fourth-order valence-corrected chi connectivity index (χ4v) is 3.31. The maximum Gasteiger partial charge on any atom is 0.125 e. The molecule has 1 fully saturated rings. The van der Waals surface area contributed by atoms with Gasteiger partial charge < -0.3 is 5.32 Å². The maximum absolute atomic E-state index is 9.66. The van der Waals surface area contributed by atoms with Gasteiger partial charge in [0.25, 0.3) is 0 Å². The van der Waals surface area contributed by atoms with E-state index in [9.17, 15) is 5.26 Å². The van der Waals surface area contributed by atoms with Crippen molar-refractivity contribution >= 4 is 17.3 Å². The molecule has 1 aliphatic rings. The van der Waals surface area contributed by atoms with Crippen LogP contribution in [0.3, 0.4) is 0 Å². The number of nitrogens with zero attached hydrogens (tertiary/aromatic N) is 1. The van der Waals surface area contributed by atoms with Crippen molar-refractivity contribution in [2.75, 3.05) is 5.32 Å². The zero-order valence-electron chi connectivity index (χ0n) is 12.2. The molecule has 1 aliphatic carbocycles. The summed E-state index contributed by atoms with van der Waals surface area (Å²) in [6, 6.07) is 10.2. The second-order valence-corrected chi connectivity index (χ2v) is 6.35. The highest BCUT2D eigenvalue weighted by atomic mass is 35.5. The molecular weight excluding hydrogens is 268 g/mol. The number of anilines is 1. The van der Waals surface area contributed by atoms with Gasteiger partial charge in [-0.25, -0.2) is 0 Å². The minimum absolute atomic E-state index is 0.406. The smallest absolute Gasteiger partial charge is 0.125 e. The lowest BCUT2D eigenvalue weighted by Crippen LogP contribution is -2.36. The van der Waals surface area contributed by atoms with Crippen LogP contribution in [0.15, 0.2) is 24.3 Å². The lowest BCUT2D eigenvalue weighted by Gasteiger charge is -2.27. The van der Waals surface area contributed by atoms with Crippen molar-refractivity contribution in [2.24, 2.45) is 5.92 Å². The summed E-state index contributed by atoms with van der Waals surface area (Å²) in [5, 5.41) is 13.8. The predicted octanol–water partition coefficient (Wildman–Crippen LogP) is 5.39. The van der Waals surface area contributed by atoms with Gasteiger partial charge in [0, 0.05) is 10.7 Å². The molecule has 1 saturated carbocycles. The normalized spacial score (nSPS) is 26.6. The first-order chi connectivity index (χ1) is 9.67. The van der Waals surface area contributed by atoms with E-state index in [1.54, 1.807) is 0 Å². The van der Waals surface area contributed by atoms with E-state index < -0.39 is 5.54 Å². The molecule has 108 valence electrons. The van der Waals surface area contributed by atoms with Crippen molar-refractivity contribution in [3.8, 4) is 6.07 Å². The van der Waals surface area contributed by atoms with E-state index in [1.165, 1.54) is 19.3 Å². The van der Waals surface area contributed by atoms with Crippen LogP contribution in [0.4, 0.5) is 5.69 Å². The number of hydrogen-bond acceptors (Lipinski definition) is 2. The molecule has 0 radical (unpaired) electrons. The molecule has 2 rings (SSSR count). The van der Waals surface area contributed by atoms with Gasteiger partial charge in [-0.2, -0.15) is 5.26 Å². The molecule has 0 spiro atoms. The average Bonchev–Trinajstić information content (AvgIpc) is 2.66. The summed E-state index contributed by atoms with van der Waals surface area (Å²) in [7, 11) is 0. The summed E-state index contributed by atoms with van der Waals surface area (Å²) in [6.07, 6.45) is 7.97. The molecule has 20 heavy (non-hydrogen) atoms. The summed E-state index contributed by atoms with van der Waals surface area (Å²) in [6.45, 7) is 2.24. The lowest BCUT2D eigenvalue weighted by atomic mass is 9.90. The molecule has 2 nitrogen and oxygen atoms in total. The van der Waals surface area contributed by atoms with Gasteiger partial charge in [-0.1, -0.05) is 37.8 Å². The van der Waals surface area contributed by atoms with Crippen LogP contribution in [0.5, 0.6) is 0 Å². The van der Waals surface area contributed by atoms with E-state index in [1.807, 2.05) is 24.3 Å². The van der Waals surface area contributed by atoms with E-state index in [0.29, 0.717) is 0 Å². The quantitative estimate of drug-likeness (QED) is 0.754. The summed E-state index contributed by atoms with van der Waals surface area (Å²) in [5.74, 6) is 0.794. The summed E-state index contributed by atoms with van der Waals surface area (Å²) >= 11 is 5.91. The van der Waals surface area contributed by atoms with E-state index in [4.69, 9.17) is 11.6 Å². The largest absolute Gasteiger partial charge is 0.367 e. The molecule has 1 aromatic carbocycles. The van der Waals surface area contributed by atoms with Crippen LogP contribution in [0.1, 0.15) is 51.9 Å². The Morgan fingerprint density at radius 2 is 2.05 bits per heavy atom. The van der Waals surface area contributed by atoms with E-state index in [-0.39, 0.29) is 0 Å². The molecule has 0 aliphatic heterocycles. The van der Waals surface area contributed by atoms with Gasteiger partial charge in [0.15, 0.2) is 0 Å². The van der Waals surface area contributed by atoms with Crippen LogP contribution in [-0.2, 0) is 0 Å². The minimum Gasteiger partial charge on any atom is -0.367 e. The zero-order chi connectivity index (χ0) is 14.4. The number of rotatable bonds is 4. The highest BCUT2D eigenvalue weighted by Crippen LogP contribution is 2.34. The summed E-state index contributed by atoms with van der Waals surface area (Å²) < 4.78 is 0. The third kappa shape index (κ3) is 3.90. The van der Waals surface area contributed by atoms with Crippen molar-refractivity contribution in [2.45, 2.75) is 57.4 Å². The molecular formula is C17H23ClN2. The third-order valence-electron chi connectivity index (χ3n) is 4.33. The van der Waals surface area contributed by atoms with E-state index in [0.717, 1.165) is 42.3 Å². The first kappa shape index (κ1) is 15.2. The SMILES string of the molecule is CCCC1CCCC(C#N)(Nc2ccc(Cl)cc2)CC1. The maximum atomic E-state index is 9.66. The van der Waals surface area contributed by atoms with Crippen LogP contribution in [0.2, 0.25) is 5.02 Å². The van der Waals surface area contributed by atoms with Gasteiger partial charge in [-0.15, -0.1) is 0 Å². The fourth-order valence-electron chi connectivity index (χ4n) is 3.18. The topological polar surface area (TPSA) is 35.8 Å². The van der Waals surface area contributed by atoms with Gasteiger partial charge in [-0.05, 0) is 55.9 Å². The zero-order valence-corrected chi connectivity index (χ0v) is 12.9. The van der Waals surface area contributed by atoms with E-state index in [2.05, 4.69) is 18.3 Å². The van der Waals surface area contributed by atoms with Crippen molar-refractivity contribution < 1.29 is 0 Å². The first-order valence-corrected chi connectivity index (χ1v) is 8.00. The Bertz CT molecular complexity index is 463. The standard InChI is InChI=1S/C17H23ClN2/c1-2-4-14-5-3-11-17(13-19,12-10-14)20-16-8-6-15(18)7-9-16/h6-9,14,20H,2-5,10-12H2,1H3. The Labute approximate surface area is 127 Å². The van der Waals surface area contributed by atoms with Crippen molar-refractivity contribution in [3.63, 3.8) is 0 Å². The molecule has 3 heteroatoms.